The summed E-state index contributed by atoms with van der Waals surface area (Å²) in [5.74, 6) is 1.23. The summed E-state index contributed by atoms with van der Waals surface area (Å²) >= 11 is 0. The van der Waals surface area contributed by atoms with Crippen LogP contribution in [0.15, 0.2) is 30.5 Å². The van der Waals surface area contributed by atoms with E-state index in [0.29, 0.717) is 6.42 Å². The molecule has 10 N–H and O–H groups in total. The quantitative estimate of drug-likeness (QED) is 0.0508. The summed E-state index contributed by atoms with van der Waals surface area (Å²) in [5.41, 5.74) is 9.11. The molecule has 49 heavy (non-hydrogen) atoms. The van der Waals surface area contributed by atoms with Crippen LogP contribution < -0.4 is 38.3 Å². The third kappa shape index (κ3) is 13.5. The molecule has 15 nitrogen and oxygen atoms in total. The average molecular weight is 687 g/mol. The summed E-state index contributed by atoms with van der Waals surface area (Å²) in [4.78, 5) is 81.4. The molecule has 1 aromatic heterocycles. The molecule has 5 amide bonds. The van der Waals surface area contributed by atoms with E-state index in [2.05, 4.69) is 26.3 Å². The van der Waals surface area contributed by atoms with Gasteiger partial charge in [0.15, 0.2) is 0 Å². The number of benzene rings is 1. The fourth-order valence-electron chi connectivity index (χ4n) is 5.12. The second kappa shape index (κ2) is 18.3. The number of esters is 1. The number of carbonyl (C=O) groups is 6. The van der Waals surface area contributed by atoms with Gasteiger partial charge in [-0.1, -0.05) is 45.9 Å². The summed E-state index contributed by atoms with van der Waals surface area (Å²) < 4.78 is 5.38. The molecule has 0 aliphatic heterocycles. The Labute approximate surface area is 287 Å². The van der Waals surface area contributed by atoms with Gasteiger partial charge in [0.1, 0.15) is 29.8 Å². The van der Waals surface area contributed by atoms with Crippen molar-refractivity contribution in [3.8, 4) is 0 Å². The van der Waals surface area contributed by atoms with E-state index in [1.165, 1.54) is 6.92 Å². The first kappa shape index (κ1) is 40.7. The first-order valence-corrected chi connectivity index (χ1v) is 16.6. The molecule has 0 saturated carbocycles. The Morgan fingerprint density at radius 1 is 0.755 bits per heavy atom. The SMILES string of the molecule is CC(C)C[C@H](NC(=O)[C@@H](CC(C)C)NC(=O)[C@H](C)NC(=O)[C@@H](CC(=O)OC(C)(C)C)NC(=O)[C@H](N)Cc1c[nH]c2ccccc12)C(=O)NN. The van der Waals surface area contributed by atoms with Crippen LogP contribution in [-0.2, 0) is 39.9 Å². The van der Waals surface area contributed by atoms with Crippen molar-refractivity contribution in [1.82, 2.24) is 31.7 Å². The van der Waals surface area contributed by atoms with Gasteiger partial charge in [-0.3, -0.25) is 34.2 Å². The average Bonchev–Trinajstić information content (AvgIpc) is 3.40. The number of aromatic nitrogens is 1. The van der Waals surface area contributed by atoms with E-state index in [9.17, 15) is 28.8 Å². The van der Waals surface area contributed by atoms with E-state index in [4.69, 9.17) is 16.3 Å². The van der Waals surface area contributed by atoms with Crippen LogP contribution in [0.3, 0.4) is 0 Å². The number of hydrogen-bond acceptors (Lipinski definition) is 9. The Kier molecular flexibility index (Phi) is 15.2. The van der Waals surface area contributed by atoms with Crippen molar-refractivity contribution in [2.75, 3.05) is 0 Å². The largest absolute Gasteiger partial charge is 0.460 e. The van der Waals surface area contributed by atoms with Gasteiger partial charge < -0.3 is 36.7 Å². The zero-order chi connectivity index (χ0) is 37.1. The lowest BCUT2D eigenvalue weighted by Gasteiger charge is -2.27. The standard InChI is InChI=1S/C34H54N8O7/c1-18(2)13-25(32(47)41-26(14-19(3)4)33(48)42-36)39-29(44)20(5)38-31(46)27(16-28(43)49-34(6,7)8)40-30(45)23(35)15-21-17-37-24-12-10-9-11-22(21)24/h9-12,17-20,23,25-27,37H,13-16,35-36H2,1-8H3,(H,38,46)(H,39,44)(H,40,45)(H,41,47)(H,42,48)/t20-,23+,25+,26-,27+/m0/s1. The van der Waals surface area contributed by atoms with E-state index in [1.807, 2.05) is 57.4 Å². The van der Waals surface area contributed by atoms with Gasteiger partial charge in [0.05, 0.1) is 12.5 Å². The van der Waals surface area contributed by atoms with Crippen molar-refractivity contribution >= 4 is 46.4 Å². The van der Waals surface area contributed by atoms with Gasteiger partial charge in [-0.15, -0.1) is 0 Å². The maximum Gasteiger partial charge on any atom is 0.308 e. The van der Waals surface area contributed by atoms with Crippen LogP contribution in [0.5, 0.6) is 0 Å². The minimum absolute atomic E-state index is 0.0188. The van der Waals surface area contributed by atoms with Crippen molar-refractivity contribution in [2.45, 2.75) is 117 Å². The minimum Gasteiger partial charge on any atom is -0.460 e. The molecule has 15 heteroatoms. The summed E-state index contributed by atoms with van der Waals surface area (Å²) in [6.07, 6.45) is 1.94. The van der Waals surface area contributed by atoms with E-state index in [0.717, 1.165) is 16.5 Å². The number of H-pyrrole nitrogens is 1. The molecule has 0 aliphatic carbocycles. The lowest BCUT2D eigenvalue weighted by molar-refractivity contribution is -0.156. The third-order valence-corrected chi connectivity index (χ3v) is 7.45. The topological polar surface area (TPSA) is 240 Å². The molecule has 0 radical (unpaired) electrons. The van der Waals surface area contributed by atoms with E-state index in [1.54, 1.807) is 27.0 Å². The number of hydrogen-bond donors (Lipinski definition) is 8. The van der Waals surface area contributed by atoms with Crippen molar-refractivity contribution in [2.24, 2.45) is 23.4 Å². The number of nitrogens with one attached hydrogen (secondary N) is 6. The van der Waals surface area contributed by atoms with Crippen molar-refractivity contribution in [3.05, 3.63) is 36.0 Å². The Morgan fingerprint density at radius 2 is 1.29 bits per heavy atom. The van der Waals surface area contributed by atoms with Crippen molar-refractivity contribution < 1.29 is 33.5 Å². The number of aromatic amines is 1. The van der Waals surface area contributed by atoms with Crippen LogP contribution in [0.1, 0.15) is 80.2 Å². The molecule has 0 saturated heterocycles. The summed E-state index contributed by atoms with van der Waals surface area (Å²) in [7, 11) is 0. The number of hydrazine groups is 1. The molecule has 0 bridgehead atoms. The number of ether oxygens (including phenoxy) is 1. The third-order valence-electron chi connectivity index (χ3n) is 7.45. The molecule has 1 heterocycles. The number of rotatable bonds is 17. The molecule has 0 aliphatic rings. The highest BCUT2D eigenvalue weighted by atomic mass is 16.6. The van der Waals surface area contributed by atoms with Gasteiger partial charge in [0.25, 0.3) is 5.91 Å². The number of amides is 5. The Bertz CT molecular complexity index is 1470. The van der Waals surface area contributed by atoms with Crippen LogP contribution in [0.4, 0.5) is 0 Å². The van der Waals surface area contributed by atoms with E-state index < -0.39 is 77.7 Å². The fraction of sp³-hybridized carbons (Fsp3) is 0.588. The monoisotopic (exact) mass is 686 g/mol. The second-order valence-corrected chi connectivity index (χ2v) is 14.1. The first-order valence-electron chi connectivity index (χ1n) is 16.6. The van der Waals surface area contributed by atoms with Gasteiger partial charge in [-0.2, -0.15) is 0 Å². The Morgan fingerprint density at radius 3 is 1.86 bits per heavy atom. The van der Waals surface area contributed by atoms with Gasteiger partial charge >= 0.3 is 5.97 Å². The van der Waals surface area contributed by atoms with Gasteiger partial charge in [0.2, 0.25) is 23.6 Å². The van der Waals surface area contributed by atoms with Gasteiger partial charge in [-0.05, 0) is 70.4 Å². The Hall–Kier alpha value is -4.50. The molecule has 0 unspecified atom stereocenters. The normalized spacial score (nSPS) is 14.7. The minimum atomic E-state index is -1.42. The van der Waals surface area contributed by atoms with E-state index in [-0.39, 0.29) is 24.7 Å². The molecule has 0 spiro atoms. The van der Waals surface area contributed by atoms with Crippen LogP contribution in [0, 0.1) is 11.8 Å². The molecule has 0 fully saturated rings. The number of para-hydroxylation sites is 1. The zero-order valence-electron chi connectivity index (χ0n) is 29.8. The molecule has 2 rings (SSSR count). The maximum absolute atomic E-state index is 13.5. The zero-order valence-corrected chi connectivity index (χ0v) is 29.8. The smallest absolute Gasteiger partial charge is 0.308 e. The molecule has 5 atom stereocenters. The van der Waals surface area contributed by atoms with Gasteiger partial charge in [0, 0.05) is 17.1 Å². The summed E-state index contributed by atoms with van der Waals surface area (Å²) in [6.45, 7) is 13.9. The molecular weight excluding hydrogens is 632 g/mol. The van der Waals surface area contributed by atoms with E-state index >= 15 is 0 Å². The summed E-state index contributed by atoms with van der Waals surface area (Å²) in [5, 5.41) is 11.3. The fourth-order valence-corrected chi connectivity index (χ4v) is 5.12. The van der Waals surface area contributed by atoms with Crippen LogP contribution >= 0.6 is 0 Å². The number of nitrogens with two attached hydrogens (primary N) is 2. The first-order chi connectivity index (χ1) is 22.8. The number of carbonyl (C=O) groups excluding carboxylic acids is 6. The molecule has 2 aromatic rings. The van der Waals surface area contributed by atoms with Gasteiger partial charge in [-0.25, -0.2) is 5.84 Å². The molecule has 1 aromatic carbocycles. The lowest BCUT2D eigenvalue weighted by atomic mass is 10.00. The highest BCUT2D eigenvalue weighted by Crippen LogP contribution is 2.19. The van der Waals surface area contributed by atoms with Crippen LogP contribution in [-0.4, -0.2) is 76.3 Å². The molecular formula is C34H54N8O7. The van der Waals surface area contributed by atoms with Crippen molar-refractivity contribution in [3.63, 3.8) is 0 Å². The predicted octanol–water partition coefficient (Wildman–Crippen LogP) is 0.811. The predicted molar refractivity (Wildman–Crippen MR) is 185 cm³/mol. The van der Waals surface area contributed by atoms with Crippen molar-refractivity contribution in [1.29, 1.82) is 0 Å². The summed E-state index contributed by atoms with van der Waals surface area (Å²) in [6, 6.07) is 1.91. The molecule has 272 valence electrons. The Balaban J connectivity index is 2.18. The van der Waals surface area contributed by atoms with Crippen LogP contribution in [0.25, 0.3) is 10.9 Å². The lowest BCUT2D eigenvalue weighted by Crippen LogP contribution is -2.59. The number of fused-ring (bicyclic) bond motifs is 1. The highest BCUT2D eigenvalue weighted by Gasteiger charge is 2.33. The maximum atomic E-state index is 13.5. The highest BCUT2D eigenvalue weighted by molar-refractivity contribution is 5.97. The van der Waals surface area contributed by atoms with Crippen LogP contribution in [0.2, 0.25) is 0 Å². The second-order valence-electron chi connectivity index (χ2n) is 14.1.